The fraction of sp³-hybridized carbons (Fsp3) is 0.588. The van der Waals surface area contributed by atoms with Crippen molar-refractivity contribution in [1.29, 1.82) is 0 Å². The van der Waals surface area contributed by atoms with E-state index in [0.29, 0.717) is 19.7 Å². The van der Waals surface area contributed by atoms with Crippen molar-refractivity contribution in [2.75, 3.05) is 46.0 Å². The summed E-state index contributed by atoms with van der Waals surface area (Å²) in [4.78, 5) is 13.9. The van der Waals surface area contributed by atoms with E-state index in [1.165, 1.54) is 5.56 Å². The largest absolute Gasteiger partial charge is 0.379 e. The lowest BCUT2D eigenvalue weighted by Crippen LogP contribution is -2.43. The molecule has 1 aromatic carbocycles. The average molecular weight is 306 g/mol. The number of amides is 1. The van der Waals surface area contributed by atoms with Crippen LogP contribution >= 0.6 is 0 Å². The van der Waals surface area contributed by atoms with Crippen LogP contribution in [0.25, 0.3) is 0 Å². The predicted octanol–water partition coefficient (Wildman–Crippen LogP) is 1.60. The molecule has 0 saturated carbocycles. The summed E-state index contributed by atoms with van der Waals surface area (Å²) in [7, 11) is 0. The van der Waals surface area contributed by atoms with Crippen LogP contribution in [0.4, 0.5) is 0 Å². The van der Waals surface area contributed by atoms with Crippen LogP contribution in [-0.4, -0.2) is 56.8 Å². The first-order chi connectivity index (χ1) is 10.8. The van der Waals surface area contributed by atoms with E-state index in [4.69, 9.17) is 9.47 Å². The van der Waals surface area contributed by atoms with E-state index in [9.17, 15) is 4.79 Å². The number of morpholine rings is 1. The lowest BCUT2D eigenvalue weighted by atomic mass is 10.1. The van der Waals surface area contributed by atoms with Crippen molar-refractivity contribution in [3.63, 3.8) is 0 Å². The molecule has 122 valence electrons. The number of ether oxygens (including phenoxy) is 2. The highest BCUT2D eigenvalue weighted by atomic mass is 16.5. The third kappa shape index (κ3) is 6.13. The molecule has 0 radical (unpaired) electrons. The molecule has 0 aliphatic carbocycles. The zero-order valence-electron chi connectivity index (χ0n) is 13.3. The van der Waals surface area contributed by atoms with Gasteiger partial charge in [0.05, 0.1) is 25.9 Å². The van der Waals surface area contributed by atoms with Gasteiger partial charge in [-0.2, -0.15) is 0 Å². The Bertz CT molecular complexity index is 433. The van der Waals surface area contributed by atoms with Gasteiger partial charge in [-0.15, -0.1) is 0 Å². The van der Waals surface area contributed by atoms with Crippen LogP contribution < -0.4 is 5.32 Å². The molecule has 1 aliphatic heterocycles. The first kappa shape index (κ1) is 16.9. The van der Waals surface area contributed by atoms with Crippen LogP contribution in [-0.2, 0) is 14.3 Å². The predicted molar refractivity (Wildman–Crippen MR) is 85.7 cm³/mol. The zero-order chi connectivity index (χ0) is 15.6. The molecule has 2 rings (SSSR count). The summed E-state index contributed by atoms with van der Waals surface area (Å²) in [6.07, 6.45) is 0.914. The first-order valence-electron chi connectivity index (χ1n) is 7.99. The molecular weight excluding hydrogens is 280 g/mol. The van der Waals surface area contributed by atoms with Crippen LogP contribution in [0.1, 0.15) is 25.0 Å². The quantitative estimate of drug-likeness (QED) is 0.741. The van der Waals surface area contributed by atoms with Crippen LogP contribution in [0.2, 0.25) is 0 Å². The molecule has 1 saturated heterocycles. The van der Waals surface area contributed by atoms with Gasteiger partial charge in [-0.3, -0.25) is 9.69 Å². The van der Waals surface area contributed by atoms with Crippen molar-refractivity contribution < 1.29 is 14.3 Å². The summed E-state index contributed by atoms with van der Waals surface area (Å²) >= 11 is 0. The Hall–Kier alpha value is -1.43. The van der Waals surface area contributed by atoms with Crippen molar-refractivity contribution in [1.82, 2.24) is 10.2 Å². The highest BCUT2D eigenvalue weighted by molar-refractivity contribution is 5.77. The minimum Gasteiger partial charge on any atom is -0.379 e. The van der Waals surface area contributed by atoms with Gasteiger partial charge in [0.2, 0.25) is 5.91 Å². The molecule has 1 aromatic rings. The summed E-state index contributed by atoms with van der Waals surface area (Å²) < 4.78 is 11.0. The van der Waals surface area contributed by atoms with Crippen molar-refractivity contribution in [2.45, 2.75) is 19.4 Å². The molecule has 1 fully saturated rings. The van der Waals surface area contributed by atoms with Crippen LogP contribution in [0.3, 0.4) is 0 Å². The Morgan fingerprint density at radius 2 is 2.05 bits per heavy atom. The highest BCUT2D eigenvalue weighted by Gasteiger charge is 2.13. The van der Waals surface area contributed by atoms with E-state index in [1.54, 1.807) is 0 Å². The minimum absolute atomic E-state index is 0.0815. The van der Waals surface area contributed by atoms with E-state index in [-0.39, 0.29) is 12.0 Å². The van der Waals surface area contributed by atoms with Crippen molar-refractivity contribution in [2.24, 2.45) is 0 Å². The Labute approximate surface area is 132 Å². The van der Waals surface area contributed by atoms with Crippen molar-refractivity contribution >= 4 is 5.91 Å². The third-order valence-corrected chi connectivity index (χ3v) is 3.75. The molecule has 5 nitrogen and oxygen atoms in total. The fourth-order valence-electron chi connectivity index (χ4n) is 2.40. The van der Waals surface area contributed by atoms with Gasteiger partial charge < -0.3 is 14.8 Å². The summed E-state index contributed by atoms with van der Waals surface area (Å²) in [5.74, 6) is 0.0815. The van der Waals surface area contributed by atoms with Gasteiger partial charge in [-0.25, -0.2) is 0 Å². The van der Waals surface area contributed by atoms with Gasteiger partial charge in [0.25, 0.3) is 0 Å². The van der Waals surface area contributed by atoms with Crippen molar-refractivity contribution in [3.05, 3.63) is 35.9 Å². The molecule has 1 unspecified atom stereocenters. The van der Waals surface area contributed by atoms with E-state index in [0.717, 1.165) is 32.7 Å². The van der Waals surface area contributed by atoms with E-state index in [1.807, 2.05) is 25.1 Å². The lowest BCUT2D eigenvalue weighted by molar-refractivity contribution is -0.123. The second-order valence-corrected chi connectivity index (χ2v) is 5.52. The van der Waals surface area contributed by atoms with E-state index in [2.05, 4.69) is 22.3 Å². The average Bonchev–Trinajstić information content (AvgIpc) is 2.56. The number of nitrogens with zero attached hydrogens (tertiary/aromatic N) is 1. The highest BCUT2D eigenvalue weighted by Crippen LogP contribution is 2.15. The molecule has 0 aromatic heterocycles. The van der Waals surface area contributed by atoms with Gasteiger partial charge in [-0.1, -0.05) is 30.3 Å². The lowest BCUT2D eigenvalue weighted by Gasteiger charge is -2.25. The number of carbonyl (C=O) groups is 1. The summed E-state index contributed by atoms with van der Waals surface area (Å²) in [5.41, 5.74) is 1.18. The minimum atomic E-state index is 0.0815. The van der Waals surface area contributed by atoms with E-state index < -0.39 is 0 Å². The van der Waals surface area contributed by atoms with E-state index >= 15 is 0 Å². The summed E-state index contributed by atoms with van der Waals surface area (Å²) in [6, 6.07) is 10.2. The molecule has 1 amide bonds. The maximum atomic E-state index is 11.8. The monoisotopic (exact) mass is 306 g/mol. The standard InChI is InChI=1S/C17H26N2O3/c1-15(16-6-3-2-4-7-16)22-11-5-8-18-17(20)14-19-9-12-21-13-10-19/h2-4,6-7,15H,5,8-14H2,1H3,(H,18,20). The first-order valence-corrected chi connectivity index (χ1v) is 7.99. The Morgan fingerprint density at radius 3 is 2.77 bits per heavy atom. The van der Waals surface area contributed by atoms with Crippen molar-refractivity contribution in [3.8, 4) is 0 Å². The number of hydrogen-bond acceptors (Lipinski definition) is 4. The SMILES string of the molecule is CC(OCCCNC(=O)CN1CCOCC1)c1ccccc1. The smallest absolute Gasteiger partial charge is 0.234 e. The Morgan fingerprint density at radius 1 is 1.32 bits per heavy atom. The summed E-state index contributed by atoms with van der Waals surface area (Å²) in [6.45, 7) is 6.93. The molecule has 1 aliphatic rings. The maximum absolute atomic E-state index is 11.8. The molecule has 22 heavy (non-hydrogen) atoms. The number of rotatable bonds is 8. The molecule has 1 N–H and O–H groups in total. The molecule has 1 heterocycles. The van der Waals surface area contributed by atoms with Gasteiger partial charge in [-0.05, 0) is 18.9 Å². The topological polar surface area (TPSA) is 50.8 Å². The molecule has 0 bridgehead atoms. The number of carbonyl (C=O) groups excluding carboxylic acids is 1. The number of benzene rings is 1. The van der Waals surface area contributed by atoms with Gasteiger partial charge in [0.15, 0.2) is 0 Å². The van der Waals surface area contributed by atoms with Crippen LogP contribution in [0, 0.1) is 0 Å². The zero-order valence-corrected chi connectivity index (χ0v) is 13.3. The molecule has 0 spiro atoms. The Balaban J connectivity index is 1.52. The Kier molecular flexibility index (Phi) is 7.36. The fourth-order valence-corrected chi connectivity index (χ4v) is 2.40. The number of hydrogen-bond donors (Lipinski definition) is 1. The van der Waals surface area contributed by atoms with Gasteiger partial charge >= 0.3 is 0 Å². The molecule has 1 atom stereocenters. The summed E-state index contributed by atoms with van der Waals surface area (Å²) in [5, 5.41) is 2.94. The van der Waals surface area contributed by atoms with Crippen LogP contribution in [0.15, 0.2) is 30.3 Å². The third-order valence-electron chi connectivity index (χ3n) is 3.75. The van der Waals surface area contributed by atoms with Crippen LogP contribution in [0.5, 0.6) is 0 Å². The van der Waals surface area contributed by atoms with Gasteiger partial charge in [0, 0.05) is 26.2 Å². The maximum Gasteiger partial charge on any atom is 0.234 e. The normalized spacial score (nSPS) is 17.1. The molecule has 5 heteroatoms. The second-order valence-electron chi connectivity index (χ2n) is 5.52. The molecular formula is C17H26N2O3. The van der Waals surface area contributed by atoms with Gasteiger partial charge in [0.1, 0.15) is 0 Å². The number of nitrogens with one attached hydrogen (secondary N) is 1. The second kappa shape index (κ2) is 9.56.